The van der Waals surface area contributed by atoms with E-state index in [9.17, 15) is 13.2 Å². The van der Waals surface area contributed by atoms with Crippen molar-refractivity contribution in [3.63, 3.8) is 0 Å². The van der Waals surface area contributed by atoms with Crippen LogP contribution in [-0.2, 0) is 16.4 Å². The van der Waals surface area contributed by atoms with Crippen LogP contribution >= 0.6 is 0 Å². The topological polar surface area (TPSA) is 79.4 Å². The van der Waals surface area contributed by atoms with Crippen molar-refractivity contribution < 1.29 is 13.2 Å². The van der Waals surface area contributed by atoms with Crippen LogP contribution in [0.25, 0.3) is 0 Å². The molecule has 7 heteroatoms. The zero-order chi connectivity index (χ0) is 17.9. The smallest absolute Gasteiger partial charge is 0.251 e. The first-order chi connectivity index (χ1) is 11.9. The molecule has 132 valence electrons. The standard InChI is InChI=1S/C18H21N3O3S/c1-21(16-8-10-25(23,24)13-16)17-11-15(7-9-19-17)18(22)20-12-14-5-3-2-4-6-14/h2-7,9,11,16H,8,10,12-13H2,1H3,(H,20,22). The van der Waals surface area contributed by atoms with Crippen molar-refractivity contribution in [2.24, 2.45) is 0 Å². The number of aromatic nitrogens is 1. The molecule has 3 rings (SSSR count). The SMILES string of the molecule is CN(c1cc(C(=O)NCc2ccccc2)ccn1)C1CCS(=O)(=O)C1. The summed E-state index contributed by atoms with van der Waals surface area (Å²) >= 11 is 0. The summed E-state index contributed by atoms with van der Waals surface area (Å²) < 4.78 is 23.3. The summed E-state index contributed by atoms with van der Waals surface area (Å²) in [5, 5.41) is 2.88. The lowest BCUT2D eigenvalue weighted by molar-refractivity contribution is 0.0951. The van der Waals surface area contributed by atoms with E-state index in [2.05, 4.69) is 10.3 Å². The van der Waals surface area contributed by atoms with Gasteiger partial charge in [0.1, 0.15) is 5.82 Å². The first-order valence-corrected chi connectivity index (χ1v) is 9.98. The van der Waals surface area contributed by atoms with Crippen molar-refractivity contribution in [2.75, 3.05) is 23.5 Å². The van der Waals surface area contributed by atoms with E-state index in [1.165, 1.54) is 0 Å². The van der Waals surface area contributed by atoms with Crippen molar-refractivity contribution in [2.45, 2.75) is 19.0 Å². The summed E-state index contributed by atoms with van der Waals surface area (Å²) in [5.74, 6) is 0.768. The molecule has 1 saturated heterocycles. The number of rotatable bonds is 5. The molecule has 6 nitrogen and oxygen atoms in total. The number of anilines is 1. The molecule has 0 saturated carbocycles. The van der Waals surface area contributed by atoms with Gasteiger partial charge in [0.25, 0.3) is 5.91 Å². The Bertz CT molecular complexity index is 853. The van der Waals surface area contributed by atoms with Crippen LogP contribution in [0.4, 0.5) is 5.82 Å². The molecular formula is C18H21N3O3S. The fourth-order valence-corrected chi connectivity index (χ4v) is 4.68. The second-order valence-corrected chi connectivity index (χ2v) is 8.47. The normalized spacial score (nSPS) is 18.7. The molecule has 1 aromatic heterocycles. The molecule has 2 aromatic rings. The Labute approximate surface area is 147 Å². The van der Waals surface area contributed by atoms with Crippen molar-refractivity contribution in [1.29, 1.82) is 0 Å². The number of carbonyl (C=O) groups excluding carboxylic acids is 1. The highest BCUT2D eigenvalue weighted by atomic mass is 32.2. The molecule has 0 radical (unpaired) electrons. The Morgan fingerprint density at radius 3 is 2.72 bits per heavy atom. The monoisotopic (exact) mass is 359 g/mol. The molecule has 1 atom stereocenters. The van der Waals surface area contributed by atoms with Crippen LogP contribution < -0.4 is 10.2 Å². The summed E-state index contributed by atoms with van der Waals surface area (Å²) in [6.07, 6.45) is 2.16. The molecule has 1 N–H and O–H groups in total. The van der Waals surface area contributed by atoms with Crippen LogP contribution in [0.5, 0.6) is 0 Å². The molecule has 1 aliphatic rings. The predicted molar refractivity (Wildman–Crippen MR) is 97.3 cm³/mol. The van der Waals surface area contributed by atoms with Crippen LogP contribution in [0.2, 0.25) is 0 Å². The molecule has 1 fully saturated rings. The Kier molecular flexibility index (Phi) is 5.03. The quantitative estimate of drug-likeness (QED) is 0.878. The van der Waals surface area contributed by atoms with Gasteiger partial charge in [-0.1, -0.05) is 30.3 Å². The Morgan fingerprint density at radius 2 is 2.04 bits per heavy atom. The van der Waals surface area contributed by atoms with Crippen LogP contribution in [0, 0.1) is 0 Å². The van der Waals surface area contributed by atoms with Gasteiger partial charge in [-0.2, -0.15) is 0 Å². The lowest BCUT2D eigenvalue weighted by Gasteiger charge is -2.24. The number of nitrogens with zero attached hydrogens (tertiary/aromatic N) is 2. The third kappa shape index (κ3) is 4.36. The van der Waals surface area contributed by atoms with E-state index >= 15 is 0 Å². The lowest BCUT2D eigenvalue weighted by atomic mass is 10.2. The van der Waals surface area contributed by atoms with Gasteiger partial charge in [0, 0.05) is 31.4 Å². The van der Waals surface area contributed by atoms with Crippen molar-refractivity contribution in [3.8, 4) is 0 Å². The zero-order valence-electron chi connectivity index (χ0n) is 14.1. The van der Waals surface area contributed by atoms with E-state index in [1.54, 1.807) is 18.3 Å². The van der Waals surface area contributed by atoms with Crippen molar-refractivity contribution in [3.05, 3.63) is 59.8 Å². The number of hydrogen-bond acceptors (Lipinski definition) is 5. The van der Waals surface area contributed by atoms with Crippen LogP contribution in [0.3, 0.4) is 0 Å². The molecular weight excluding hydrogens is 338 g/mol. The maximum atomic E-state index is 12.4. The minimum absolute atomic E-state index is 0.0971. The van der Waals surface area contributed by atoms with Crippen LogP contribution in [0.15, 0.2) is 48.7 Å². The van der Waals surface area contributed by atoms with Gasteiger partial charge in [-0.25, -0.2) is 13.4 Å². The minimum atomic E-state index is -2.96. The Balaban J connectivity index is 1.67. The average molecular weight is 359 g/mol. The number of nitrogens with one attached hydrogen (secondary N) is 1. The van der Waals surface area contributed by atoms with Gasteiger partial charge in [0.15, 0.2) is 9.84 Å². The van der Waals surface area contributed by atoms with E-state index in [0.717, 1.165) is 5.56 Å². The third-order valence-electron chi connectivity index (χ3n) is 4.42. The number of amides is 1. The van der Waals surface area contributed by atoms with Crippen molar-refractivity contribution in [1.82, 2.24) is 10.3 Å². The van der Waals surface area contributed by atoms with Crippen LogP contribution in [0.1, 0.15) is 22.3 Å². The van der Waals surface area contributed by atoms with Gasteiger partial charge in [0.2, 0.25) is 0 Å². The summed E-state index contributed by atoms with van der Waals surface area (Å²) in [4.78, 5) is 18.5. The molecule has 25 heavy (non-hydrogen) atoms. The summed E-state index contributed by atoms with van der Waals surface area (Å²) in [6.45, 7) is 0.452. The maximum absolute atomic E-state index is 12.4. The molecule has 1 unspecified atom stereocenters. The highest BCUT2D eigenvalue weighted by Gasteiger charge is 2.31. The number of pyridine rings is 1. The fraction of sp³-hybridized carbons (Fsp3) is 0.333. The second kappa shape index (κ2) is 7.23. The van der Waals surface area contributed by atoms with Gasteiger partial charge in [0.05, 0.1) is 11.5 Å². The summed E-state index contributed by atoms with van der Waals surface area (Å²) in [7, 11) is -1.14. The molecule has 2 heterocycles. The predicted octanol–water partition coefficient (Wildman–Crippen LogP) is 1.63. The van der Waals surface area contributed by atoms with Gasteiger partial charge >= 0.3 is 0 Å². The summed E-state index contributed by atoms with van der Waals surface area (Å²) in [5.41, 5.74) is 1.53. The Hall–Kier alpha value is -2.41. The Morgan fingerprint density at radius 1 is 1.28 bits per heavy atom. The van der Waals surface area contributed by atoms with Crippen molar-refractivity contribution >= 4 is 21.6 Å². The highest BCUT2D eigenvalue weighted by Crippen LogP contribution is 2.22. The fourth-order valence-electron chi connectivity index (χ4n) is 2.90. The van der Waals surface area contributed by atoms with Gasteiger partial charge < -0.3 is 10.2 Å². The van der Waals surface area contributed by atoms with E-state index in [1.807, 2.05) is 42.3 Å². The number of carbonyl (C=O) groups is 1. The third-order valence-corrected chi connectivity index (χ3v) is 6.17. The largest absolute Gasteiger partial charge is 0.356 e. The van der Waals surface area contributed by atoms with Crippen LogP contribution in [-0.4, -0.2) is 43.9 Å². The van der Waals surface area contributed by atoms with E-state index in [-0.39, 0.29) is 23.5 Å². The van der Waals surface area contributed by atoms with Gasteiger partial charge in [-0.15, -0.1) is 0 Å². The molecule has 0 spiro atoms. The maximum Gasteiger partial charge on any atom is 0.251 e. The molecule has 1 amide bonds. The summed E-state index contributed by atoms with van der Waals surface area (Å²) in [6, 6.07) is 12.9. The first kappa shape index (κ1) is 17.4. The average Bonchev–Trinajstić information content (AvgIpc) is 3.00. The van der Waals surface area contributed by atoms with E-state index < -0.39 is 9.84 Å². The molecule has 0 aliphatic carbocycles. The van der Waals surface area contributed by atoms with Gasteiger partial charge in [-0.3, -0.25) is 4.79 Å². The molecule has 0 bridgehead atoms. The van der Waals surface area contributed by atoms with E-state index in [4.69, 9.17) is 0 Å². The molecule has 1 aromatic carbocycles. The number of hydrogen-bond donors (Lipinski definition) is 1. The highest BCUT2D eigenvalue weighted by molar-refractivity contribution is 7.91. The second-order valence-electron chi connectivity index (χ2n) is 6.24. The van der Waals surface area contributed by atoms with E-state index in [0.29, 0.717) is 24.3 Å². The molecule has 1 aliphatic heterocycles. The number of benzene rings is 1. The number of sulfone groups is 1. The lowest BCUT2D eigenvalue weighted by Crippen LogP contribution is -2.33. The minimum Gasteiger partial charge on any atom is -0.356 e. The zero-order valence-corrected chi connectivity index (χ0v) is 14.9. The first-order valence-electron chi connectivity index (χ1n) is 8.16. The van der Waals surface area contributed by atoms with Gasteiger partial charge in [-0.05, 0) is 24.1 Å².